The molecule has 0 atom stereocenters. The lowest BCUT2D eigenvalue weighted by molar-refractivity contribution is 0.0697. The topological polar surface area (TPSA) is 69.9 Å². The van der Waals surface area contributed by atoms with Gasteiger partial charge in [0.25, 0.3) is 0 Å². The molecule has 0 unspecified atom stereocenters. The minimum absolute atomic E-state index is 0.230. The lowest BCUT2D eigenvalue weighted by Crippen LogP contribution is -2.07. The summed E-state index contributed by atoms with van der Waals surface area (Å²) < 4.78 is 0.987. The lowest BCUT2D eigenvalue weighted by atomic mass is 10.1. The monoisotopic (exact) mass is 487 g/mol. The van der Waals surface area contributed by atoms with Crippen LogP contribution in [0.25, 0.3) is 10.4 Å². The second kappa shape index (κ2) is 9.43. The number of carboxylic acids is 1. The fourth-order valence-corrected chi connectivity index (χ4v) is 4.26. The van der Waals surface area contributed by atoms with Crippen LogP contribution in [0, 0.1) is 0 Å². The van der Waals surface area contributed by atoms with Crippen LogP contribution in [-0.4, -0.2) is 33.3 Å². The van der Waals surface area contributed by atoms with Crippen molar-refractivity contribution in [3.63, 3.8) is 0 Å². The number of carbonyl (C=O) groups is 1. The van der Waals surface area contributed by atoms with Crippen LogP contribution in [0.15, 0.2) is 63.4 Å². The van der Waals surface area contributed by atoms with Gasteiger partial charge in [-0.1, -0.05) is 52.4 Å². The zero-order valence-electron chi connectivity index (χ0n) is 15.6. The molecule has 2 aromatic carbocycles. The Morgan fingerprint density at radius 2 is 1.79 bits per heavy atom. The first-order valence-corrected chi connectivity index (χ1v) is 10.8. The smallest absolute Gasteiger partial charge is 0.335 e. The summed E-state index contributed by atoms with van der Waals surface area (Å²) in [6.45, 7) is 2.22. The first-order chi connectivity index (χ1) is 13.8. The van der Waals surface area contributed by atoms with Crippen molar-refractivity contribution < 1.29 is 15.0 Å². The molecule has 0 amide bonds. The van der Waals surface area contributed by atoms with Gasteiger partial charge in [0.1, 0.15) is 5.75 Å². The molecule has 3 aromatic rings. The number of thiophene rings is 1. The summed E-state index contributed by atoms with van der Waals surface area (Å²) >= 11 is 10.3. The first-order valence-electron chi connectivity index (χ1n) is 8.77. The number of carboxylic acid groups (broad SMARTS) is 1. The quantitative estimate of drug-likeness (QED) is 0.316. The Balaban J connectivity index is 1.67. The van der Waals surface area contributed by atoms with Gasteiger partial charge in [-0.05, 0) is 42.3 Å². The Hall–Kier alpha value is -2.35. The summed E-state index contributed by atoms with van der Waals surface area (Å²) in [7, 11) is 0. The number of aromatic carboxylic acids is 1. The molecule has 0 fully saturated rings. The second-order valence-electron chi connectivity index (χ2n) is 6.45. The minimum atomic E-state index is -0.947. The highest BCUT2D eigenvalue weighted by Crippen LogP contribution is 2.39. The molecule has 29 heavy (non-hydrogen) atoms. The van der Waals surface area contributed by atoms with Crippen molar-refractivity contribution in [1.29, 1.82) is 0 Å². The van der Waals surface area contributed by atoms with E-state index in [1.54, 1.807) is 24.3 Å². The van der Waals surface area contributed by atoms with Crippen LogP contribution in [0.4, 0.5) is 0 Å². The fourth-order valence-electron chi connectivity index (χ4n) is 2.76. The number of aromatic hydroxyl groups is 1. The highest BCUT2D eigenvalue weighted by atomic mass is 79.9. The number of thiocarbonyl (C=S) groups is 1. The van der Waals surface area contributed by atoms with Crippen LogP contribution in [-0.2, 0) is 6.42 Å². The number of aliphatic imine (C=N–C) groups is 1. The van der Waals surface area contributed by atoms with Crippen LogP contribution in [0.1, 0.15) is 28.4 Å². The number of benzene rings is 2. The fraction of sp³-hybridized carbons (Fsp3) is 0.136. The van der Waals surface area contributed by atoms with Gasteiger partial charge in [-0.2, -0.15) is 0 Å². The largest absolute Gasteiger partial charge is 0.506 e. The molecule has 0 bridgehead atoms. The van der Waals surface area contributed by atoms with Gasteiger partial charge in [0.05, 0.1) is 17.0 Å². The van der Waals surface area contributed by atoms with Crippen LogP contribution < -0.4 is 0 Å². The zero-order chi connectivity index (χ0) is 21.0. The van der Waals surface area contributed by atoms with Gasteiger partial charge in [0.2, 0.25) is 0 Å². The highest BCUT2D eigenvalue weighted by Gasteiger charge is 2.14. The third kappa shape index (κ3) is 5.38. The van der Waals surface area contributed by atoms with Crippen LogP contribution in [0.3, 0.4) is 0 Å². The van der Waals surface area contributed by atoms with Crippen LogP contribution in [0.2, 0.25) is 0 Å². The third-order valence-electron chi connectivity index (χ3n) is 4.36. The highest BCUT2D eigenvalue weighted by molar-refractivity contribution is 9.10. The minimum Gasteiger partial charge on any atom is -0.506 e. The van der Waals surface area contributed by atoms with Crippen molar-refractivity contribution >= 4 is 56.0 Å². The van der Waals surface area contributed by atoms with Gasteiger partial charge < -0.3 is 10.2 Å². The molecule has 0 radical (unpaired) electrons. The predicted octanol–water partition coefficient (Wildman–Crippen LogP) is 6.00. The van der Waals surface area contributed by atoms with Gasteiger partial charge in [-0.3, -0.25) is 4.99 Å². The normalized spacial score (nSPS) is 11.4. The molecule has 0 spiro atoms. The molecular weight excluding hydrogens is 470 g/mol. The van der Waals surface area contributed by atoms with Gasteiger partial charge in [0, 0.05) is 32.4 Å². The molecule has 0 saturated heterocycles. The van der Waals surface area contributed by atoms with Gasteiger partial charge in [-0.25, -0.2) is 4.79 Å². The summed E-state index contributed by atoms with van der Waals surface area (Å²) in [5.74, 6) is -0.717. The van der Waals surface area contributed by atoms with Gasteiger partial charge >= 0.3 is 5.97 Å². The molecule has 1 heterocycles. The zero-order valence-corrected chi connectivity index (χ0v) is 18.8. The summed E-state index contributed by atoms with van der Waals surface area (Å²) in [5.41, 5.74) is 3.59. The molecule has 7 heteroatoms. The van der Waals surface area contributed by atoms with E-state index in [4.69, 9.17) is 17.3 Å². The molecular formula is C22H18BrNO3S2. The van der Waals surface area contributed by atoms with E-state index in [2.05, 4.69) is 20.9 Å². The van der Waals surface area contributed by atoms with Crippen molar-refractivity contribution in [2.45, 2.75) is 13.3 Å². The summed E-state index contributed by atoms with van der Waals surface area (Å²) in [6, 6.07) is 14.5. The first kappa shape index (κ1) is 21.4. The number of halogens is 1. The number of hydrogen-bond acceptors (Lipinski definition) is 5. The van der Waals surface area contributed by atoms with Crippen molar-refractivity contribution in [3.8, 4) is 16.2 Å². The molecule has 0 aliphatic carbocycles. The number of rotatable bonds is 7. The summed E-state index contributed by atoms with van der Waals surface area (Å²) in [6.07, 6.45) is 0.547. The Bertz CT molecular complexity index is 1070. The molecule has 148 valence electrons. The average molecular weight is 488 g/mol. The Kier molecular flexibility index (Phi) is 6.95. The van der Waals surface area contributed by atoms with E-state index >= 15 is 0 Å². The summed E-state index contributed by atoms with van der Waals surface area (Å²) in [5, 5.41) is 21.5. The van der Waals surface area contributed by atoms with Crippen molar-refractivity contribution in [3.05, 3.63) is 75.1 Å². The molecule has 3 rings (SSSR count). The standard InChI is InChI=1S/C22H18BrNO3S2/c1-13(19-12-29-21(20(19)25)15-6-8-17(23)9-7-15)24-11-18(28)10-14-2-4-16(5-3-14)22(26)27/h2-9,12,25H,10-11H2,1H3,(H,26,27). The Labute approximate surface area is 186 Å². The lowest BCUT2D eigenvalue weighted by Gasteiger charge is -2.05. The third-order valence-corrected chi connectivity index (χ3v) is 6.18. The molecule has 2 N–H and O–H groups in total. The SMILES string of the molecule is CC(=NCC(=S)Cc1ccc(C(=O)O)cc1)c1csc(-c2ccc(Br)cc2)c1O. The second-order valence-corrected chi connectivity index (χ2v) is 8.83. The van der Waals surface area contributed by atoms with E-state index in [1.165, 1.54) is 11.3 Å². The van der Waals surface area contributed by atoms with E-state index in [0.717, 1.165) is 31.1 Å². The van der Waals surface area contributed by atoms with Crippen LogP contribution in [0.5, 0.6) is 5.75 Å². The van der Waals surface area contributed by atoms with Gasteiger partial charge in [-0.15, -0.1) is 11.3 Å². The van der Waals surface area contributed by atoms with E-state index in [9.17, 15) is 9.90 Å². The molecule has 4 nitrogen and oxygen atoms in total. The van der Waals surface area contributed by atoms with E-state index < -0.39 is 5.97 Å². The molecule has 0 saturated carbocycles. The molecule has 0 aliphatic rings. The Morgan fingerprint density at radius 3 is 2.41 bits per heavy atom. The van der Waals surface area contributed by atoms with Gasteiger partial charge in [0.15, 0.2) is 0 Å². The van der Waals surface area contributed by atoms with Crippen molar-refractivity contribution in [1.82, 2.24) is 0 Å². The Morgan fingerprint density at radius 1 is 1.14 bits per heavy atom. The average Bonchev–Trinajstić information content (AvgIpc) is 3.08. The van der Waals surface area contributed by atoms with Crippen LogP contribution >= 0.6 is 39.5 Å². The van der Waals surface area contributed by atoms with E-state index in [-0.39, 0.29) is 11.3 Å². The van der Waals surface area contributed by atoms with E-state index in [0.29, 0.717) is 18.5 Å². The van der Waals surface area contributed by atoms with Crippen molar-refractivity contribution in [2.75, 3.05) is 6.54 Å². The number of nitrogens with zero attached hydrogens (tertiary/aromatic N) is 1. The number of hydrogen-bond donors (Lipinski definition) is 2. The molecule has 1 aromatic heterocycles. The predicted molar refractivity (Wildman–Crippen MR) is 126 cm³/mol. The molecule has 0 aliphatic heterocycles. The maximum absolute atomic E-state index is 10.9. The summed E-state index contributed by atoms with van der Waals surface area (Å²) in [4.78, 5) is 17.0. The van der Waals surface area contributed by atoms with E-state index in [1.807, 2.05) is 36.6 Å². The van der Waals surface area contributed by atoms with Crippen molar-refractivity contribution in [2.24, 2.45) is 4.99 Å². The maximum atomic E-state index is 10.9. The maximum Gasteiger partial charge on any atom is 0.335 e.